The number of fused-ring (bicyclic) bond motifs is 1. The number of rotatable bonds is 4. The van der Waals surface area contributed by atoms with Crippen molar-refractivity contribution < 1.29 is 9.47 Å². The molecule has 4 nitrogen and oxygen atoms in total. The first-order chi connectivity index (χ1) is 9.28. The first-order valence-electron chi connectivity index (χ1n) is 6.80. The Labute approximate surface area is 121 Å². The minimum absolute atomic E-state index is 0.144. The van der Waals surface area contributed by atoms with Gasteiger partial charge in [-0.05, 0) is 42.5 Å². The average molecular weight is 327 g/mol. The largest absolute Gasteiger partial charge is 0.493 e. The van der Waals surface area contributed by atoms with Crippen LogP contribution in [0, 0.1) is 0 Å². The van der Waals surface area contributed by atoms with E-state index < -0.39 is 0 Å². The molecule has 19 heavy (non-hydrogen) atoms. The number of halogens is 1. The fourth-order valence-corrected chi connectivity index (χ4v) is 3.50. The van der Waals surface area contributed by atoms with Gasteiger partial charge < -0.3 is 9.47 Å². The molecule has 1 aromatic rings. The summed E-state index contributed by atoms with van der Waals surface area (Å²) in [5, 5.41) is 0. The molecule has 2 unspecified atom stereocenters. The summed E-state index contributed by atoms with van der Waals surface area (Å²) in [4.78, 5) is 0. The van der Waals surface area contributed by atoms with E-state index in [1.807, 2.05) is 0 Å². The van der Waals surface area contributed by atoms with Crippen LogP contribution >= 0.6 is 15.9 Å². The van der Waals surface area contributed by atoms with Crippen molar-refractivity contribution in [2.24, 2.45) is 5.84 Å². The number of hydrogen-bond acceptors (Lipinski definition) is 4. The Morgan fingerprint density at radius 2 is 2.32 bits per heavy atom. The molecular formula is C14H19BrN2O2. The number of nitrogens with two attached hydrogens (primary N) is 1. The summed E-state index contributed by atoms with van der Waals surface area (Å²) in [6.45, 7) is 1.62. The van der Waals surface area contributed by atoms with Gasteiger partial charge in [0.2, 0.25) is 0 Å². The highest BCUT2D eigenvalue weighted by Crippen LogP contribution is 2.34. The van der Waals surface area contributed by atoms with E-state index in [1.165, 1.54) is 11.1 Å². The average Bonchev–Trinajstić information content (AvgIpc) is 3.05. The second-order valence-corrected chi connectivity index (χ2v) is 6.10. The topological polar surface area (TPSA) is 56.5 Å². The van der Waals surface area contributed by atoms with Gasteiger partial charge >= 0.3 is 0 Å². The van der Waals surface area contributed by atoms with Crippen molar-refractivity contribution in [3.05, 3.63) is 27.7 Å². The van der Waals surface area contributed by atoms with Gasteiger partial charge in [-0.1, -0.05) is 15.9 Å². The third-order valence-electron chi connectivity index (χ3n) is 3.89. The molecule has 0 bridgehead atoms. The lowest BCUT2D eigenvalue weighted by Crippen LogP contribution is -2.45. The Bertz CT molecular complexity index is 461. The van der Waals surface area contributed by atoms with Crippen LogP contribution in [-0.2, 0) is 17.6 Å². The number of hydrogen-bond donors (Lipinski definition) is 2. The Morgan fingerprint density at radius 1 is 1.42 bits per heavy atom. The van der Waals surface area contributed by atoms with Crippen LogP contribution in [0.1, 0.15) is 24.0 Å². The van der Waals surface area contributed by atoms with Crippen molar-refractivity contribution in [1.82, 2.24) is 5.43 Å². The molecule has 0 aliphatic carbocycles. The Hall–Kier alpha value is -0.620. The summed E-state index contributed by atoms with van der Waals surface area (Å²) < 4.78 is 12.6. The van der Waals surface area contributed by atoms with Crippen LogP contribution in [0.3, 0.4) is 0 Å². The SMILES string of the molecule is NNC(Cc1cc(Br)cc2c1OCC2)C1CCCO1. The van der Waals surface area contributed by atoms with Crippen molar-refractivity contribution in [2.75, 3.05) is 13.2 Å². The Kier molecular flexibility index (Phi) is 4.07. The van der Waals surface area contributed by atoms with Gasteiger partial charge in [-0.15, -0.1) is 0 Å². The predicted molar refractivity (Wildman–Crippen MR) is 77.1 cm³/mol. The summed E-state index contributed by atoms with van der Waals surface area (Å²) in [7, 11) is 0. The van der Waals surface area contributed by atoms with E-state index in [1.54, 1.807) is 0 Å². The number of benzene rings is 1. The smallest absolute Gasteiger partial charge is 0.125 e. The molecule has 1 saturated heterocycles. The summed E-state index contributed by atoms with van der Waals surface area (Å²) in [6, 6.07) is 4.41. The molecule has 0 spiro atoms. The molecule has 3 N–H and O–H groups in total. The van der Waals surface area contributed by atoms with Crippen molar-refractivity contribution in [1.29, 1.82) is 0 Å². The molecule has 0 aromatic heterocycles. The minimum atomic E-state index is 0.144. The number of hydrazine groups is 1. The molecule has 0 radical (unpaired) electrons. The second kappa shape index (κ2) is 5.79. The lowest BCUT2D eigenvalue weighted by atomic mass is 9.97. The number of ether oxygens (including phenoxy) is 2. The van der Waals surface area contributed by atoms with Crippen molar-refractivity contribution in [3.63, 3.8) is 0 Å². The third kappa shape index (κ3) is 2.79. The lowest BCUT2D eigenvalue weighted by molar-refractivity contribution is 0.0782. The summed E-state index contributed by atoms with van der Waals surface area (Å²) >= 11 is 3.57. The molecule has 2 heterocycles. The molecule has 0 amide bonds. The van der Waals surface area contributed by atoms with E-state index in [2.05, 4.69) is 33.5 Å². The van der Waals surface area contributed by atoms with Gasteiger partial charge in [0.05, 0.1) is 18.8 Å². The lowest BCUT2D eigenvalue weighted by Gasteiger charge is -2.23. The van der Waals surface area contributed by atoms with Crippen LogP contribution in [0.5, 0.6) is 5.75 Å². The van der Waals surface area contributed by atoms with Crippen molar-refractivity contribution in [2.45, 2.75) is 37.8 Å². The highest BCUT2D eigenvalue weighted by molar-refractivity contribution is 9.10. The van der Waals surface area contributed by atoms with E-state index in [9.17, 15) is 0 Å². The molecule has 2 aliphatic rings. The van der Waals surface area contributed by atoms with Gasteiger partial charge in [0, 0.05) is 17.5 Å². The van der Waals surface area contributed by atoms with Gasteiger partial charge in [0.15, 0.2) is 0 Å². The fourth-order valence-electron chi connectivity index (χ4n) is 2.95. The standard InChI is InChI=1S/C14H19BrN2O2/c15-11-6-9-3-5-19-14(9)10(7-11)8-12(17-16)13-2-1-4-18-13/h6-7,12-13,17H,1-5,8,16H2. The highest BCUT2D eigenvalue weighted by atomic mass is 79.9. The molecule has 2 atom stereocenters. The maximum Gasteiger partial charge on any atom is 0.125 e. The quantitative estimate of drug-likeness (QED) is 0.655. The molecular weight excluding hydrogens is 308 g/mol. The predicted octanol–water partition coefficient (Wildman–Crippen LogP) is 1.94. The van der Waals surface area contributed by atoms with Gasteiger partial charge in [0.1, 0.15) is 5.75 Å². The van der Waals surface area contributed by atoms with E-state index in [4.69, 9.17) is 15.3 Å². The first-order valence-corrected chi connectivity index (χ1v) is 7.59. The molecule has 1 fully saturated rings. The van der Waals surface area contributed by atoms with E-state index in [0.29, 0.717) is 0 Å². The summed E-state index contributed by atoms with van der Waals surface area (Å²) in [5.41, 5.74) is 5.40. The second-order valence-electron chi connectivity index (χ2n) is 5.18. The van der Waals surface area contributed by atoms with Gasteiger partial charge in [-0.2, -0.15) is 0 Å². The molecule has 3 rings (SSSR count). The first kappa shape index (κ1) is 13.4. The minimum Gasteiger partial charge on any atom is -0.493 e. The van der Waals surface area contributed by atoms with E-state index in [-0.39, 0.29) is 12.1 Å². The van der Waals surface area contributed by atoms with E-state index >= 15 is 0 Å². The number of nitrogens with one attached hydrogen (secondary N) is 1. The summed E-state index contributed by atoms with van der Waals surface area (Å²) in [6.07, 6.45) is 4.23. The summed E-state index contributed by atoms with van der Waals surface area (Å²) in [5.74, 6) is 6.74. The van der Waals surface area contributed by atoms with Crippen LogP contribution in [0.2, 0.25) is 0 Å². The van der Waals surface area contributed by atoms with Crippen LogP contribution in [0.25, 0.3) is 0 Å². The zero-order valence-electron chi connectivity index (χ0n) is 10.8. The normalized spacial score (nSPS) is 23.2. The van der Waals surface area contributed by atoms with Crippen molar-refractivity contribution in [3.8, 4) is 5.75 Å². The Morgan fingerprint density at radius 3 is 3.05 bits per heavy atom. The van der Waals surface area contributed by atoms with Crippen LogP contribution in [0.15, 0.2) is 16.6 Å². The molecule has 104 valence electrons. The van der Waals surface area contributed by atoms with Gasteiger partial charge in [-0.3, -0.25) is 11.3 Å². The maximum absolute atomic E-state index is 5.76. The zero-order chi connectivity index (χ0) is 13.2. The third-order valence-corrected chi connectivity index (χ3v) is 4.35. The molecule has 5 heteroatoms. The molecule has 0 saturated carbocycles. The Balaban J connectivity index is 1.81. The highest BCUT2D eigenvalue weighted by Gasteiger charge is 2.27. The van der Waals surface area contributed by atoms with Gasteiger partial charge in [-0.25, -0.2) is 0 Å². The van der Waals surface area contributed by atoms with Crippen molar-refractivity contribution >= 4 is 15.9 Å². The monoisotopic (exact) mass is 326 g/mol. The van der Waals surface area contributed by atoms with Crippen LogP contribution < -0.4 is 16.0 Å². The van der Waals surface area contributed by atoms with Crippen LogP contribution in [0.4, 0.5) is 0 Å². The molecule has 2 aliphatic heterocycles. The van der Waals surface area contributed by atoms with Crippen LogP contribution in [-0.4, -0.2) is 25.4 Å². The fraction of sp³-hybridized carbons (Fsp3) is 0.571. The molecule has 1 aromatic carbocycles. The van der Waals surface area contributed by atoms with Gasteiger partial charge in [0.25, 0.3) is 0 Å². The maximum atomic E-state index is 5.76. The van der Waals surface area contributed by atoms with E-state index in [0.717, 1.165) is 49.1 Å². The zero-order valence-corrected chi connectivity index (χ0v) is 12.4.